The third kappa shape index (κ3) is 3.27. The van der Waals surface area contributed by atoms with E-state index in [0.717, 1.165) is 0 Å². The van der Waals surface area contributed by atoms with Crippen LogP contribution < -0.4 is 0 Å². The Hall–Kier alpha value is -2.10. The summed E-state index contributed by atoms with van der Waals surface area (Å²) in [7, 11) is 0. The van der Waals surface area contributed by atoms with E-state index in [1.807, 2.05) is 0 Å². The number of alkyl halides is 12. The minimum absolute atomic E-state index is 1.02. The summed E-state index contributed by atoms with van der Waals surface area (Å²) < 4.78 is 153. The summed E-state index contributed by atoms with van der Waals surface area (Å²) in [6.07, 6.45) is -26.7. The third-order valence-electron chi connectivity index (χ3n) is 3.53. The van der Waals surface area contributed by atoms with Crippen molar-refractivity contribution < 1.29 is 73.1 Å². The third-order valence-corrected chi connectivity index (χ3v) is 3.53. The number of hydrogen-bond acceptors (Lipinski definition) is 4. The van der Waals surface area contributed by atoms with Crippen LogP contribution in [0.4, 0.5) is 52.7 Å². The minimum atomic E-state index is -6.68. The quantitative estimate of drug-likeness (QED) is 0.416. The van der Waals surface area contributed by atoms with Crippen LogP contribution >= 0.6 is 0 Å². The maximum Gasteiger partial charge on any atom is 0.430 e. The number of rotatable bonds is 2. The number of aliphatic hydroxyl groups is 2. The molecule has 0 fully saturated rings. The second-order valence-electron chi connectivity index (χ2n) is 5.30. The molecule has 162 valence electrons. The molecule has 0 saturated carbocycles. The first-order valence-electron chi connectivity index (χ1n) is 6.32. The second-order valence-corrected chi connectivity index (χ2v) is 5.30. The van der Waals surface area contributed by atoms with Gasteiger partial charge in [0.05, 0.1) is 0 Å². The highest BCUT2D eigenvalue weighted by Crippen LogP contribution is 2.57. The van der Waals surface area contributed by atoms with Crippen LogP contribution in [0.3, 0.4) is 0 Å². The van der Waals surface area contributed by atoms with E-state index in [1.54, 1.807) is 0 Å². The lowest BCUT2D eigenvalue weighted by molar-refractivity contribution is -0.378. The van der Waals surface area contributed by atoms with Crippen LogP contribution in [-0.2, 0) is 11.2 Å². The van der Waals surface area contributed by atoms with Crippen LogP contribution in [0.15, 0.2) is 12.1 Å². The number of benzene rings is 1. The molecule has 0 unspecified atom stereocenters. The Bertz CT molecular complexity index is 651. The van der Waals surface area contributed by atoms with Gasteiger partial charge in [0.25, 0.3) is 11.2 Å². The van der Waals surface area contributed by atoms with Gasteiger partial charge < -0.3 is 20.4 Å². The summed E-state index contributed by atoms with van der Waals surface area (Å²) in [6.45, 7) is 0. The molecule has 0 radical (unpaired) electrons. The maximum absolute atomic E-state index is 12.7. The average Bonchev–Trinajstić information content (AvgIpc) is 2.42. The van der Waals surface area contributed by atoms with E-state index < -0.39 is 70.7 Å². The Morgan fingerprint density at radius 3 is 0.786 bits per heavy atom. The zero-order valence-corrected chi connectivity index (χ0v) is 12.5. The molecule has 0 atom stereocenters. The number of phenolic OH excluding ortho intramolecular Hbond substituents is 2. The fraction of sp³-hybridized carbons (Fsp3) is 0.500. The number of aromatic hydroxyl groups is 2. The van der Waals surface area contributed by atoms with Crippen molar-refractivity contribution in [3.05, 3.63) is 23.3 Å². The summed E-state index contributed by atoms with van der Waals surface area (Å²) >= 11 is 0. The van der Waals surface area contributed by atoms with Crippen molar-refractivity contribution in [3.8, 4) is 11.5 Å². The fourth-order valence-corrected chi connectivity index (χ4v) is 2.09. The molecule has 0 heterocycles. The van der Waals surface area contributed by atoms with Crippen molar-refractivity contribution in [2.75, 3.05) is 0 Å². The maximum atomic E-state index is 12.7. The zero-order valence-electron chi connectivity index (χ0n) is 12.5. The Labute approximate surface area is 145 Å². The molecule has 4 N–H and O–H groups in total. The first-order valence-corrected chi connectivity index (χ1v) is 6.32. The van der Waals surface area contributed by atoms with Crippen LogP contribution in [0.1, 0.15) is 11.1 Å². The summed E-state index contributed by atoms with van der Waals surface area (Å²) in [5.74, 6) is -5.14. The van der Waals surface area contributed by atoms with Gasteiger partial charge in [-0.15, -0.1) is 0 Å². The molecule has 0 aliphatic heterocycles. The molecular weight excluding hydrogens is 436 g/mol. The number of phenols is 2. The van der Waals surface area contributed by atoms with E-state index in [2.05, 4.69) is 0 Å². The predicted molar refractivity (Wildman–Crippen MR) is 61.8 cm³/mol. The lowest BCUT2D eigenvalue weighted by Gasteiger charge is -2.35. The van der Waals surface area contributed by atoms with Crippen LogP contribution in [-0.4, -0.2) is 45.1 Å². The fourth-order valence-electron chi connectivity index (χ4n) is 2.09. The second kappa shape index (κ2) is 6.20. The van der Waals surface area contributed by atoms with Gasteiger partial charge in [0.1, 0.15) is 11.5 Å². The molecule has 1 aromatic rings. The summed E-state index contributed by atoms with van der Waals surface area (Å²) in [5.41, 5.74) is -17.4. The lowest BCUT2D eigenvalue weighted by atomic mass is 9.85. The van der Waals surface area contributed by atoms with Gasteiger partial charge in [-0.1, -0.05) is 0 Å². The van der Waals surface area contributed by atoms with Crippen LogP contribution in [0.5, 0.6) is 11.5 Å². The molecule has 28 heavy (non-hydrogen) atoms. The lowest BCUT2D eigenvalue weighted by Crippen LogP contribution is -2.55. The first-order chi connectivity index (χ1) is 12.0. The highest BCUT2D eigenvalue weighted by Gasteiger charge is 2.74. The van der Waals surface area contributed by atoms with Crippen molar-refractivity contribution in [2.45, 2.75) is 35.9 Å². The van der Waals surface area contributed by atoms with Gasteiger partial charge in [-0.3, -0.25) is 0 Å². The average molecular weight is 442 g/mol. The molecule has 0 aliphatic carbocycles. The van der Waals surface area contributed by atoms with Crippen molar-refractivity contribution in [3.63, 3.8) is 0 Å². The summed E-state index contributed by atoms with van der Waals surface area (Å²) in [4.78, 5) is 0. The van der Waals surface area contributed by atoms with Crippen molar-refractivity contribution in [2.24, 2.45) is 0 Å². The molecule has 4 nitrogen and oxygen atoms in total. The molecule has 0 bridgehead atoms. The molecule has 0 saturated heterocycles. The molecule has 16 heteroatoms. The van der Waals surface area contributed by atoms with Gasteiger partial charge in [-0.25, -0.2) is 0 Å². The topological polar surface area (TPSA) is 80.9 Å². The van der Waals surface area contributed by atoms with Gasteiger partial charge in [-0.2, -0.15) is 52.7 Å². The molecule has 1 rings (SSSR count). The van der Waals surface area contributed by atoms with E-state index in [4.69, 9.17) is 10.2 Å². The Balaban J connectivity index is 3.94. The normalized spacial score (nSPS) is 15.1. The molecule has 0 spiro atoms. The number of hydrogen-bond donors (Lipinski definition) is 4. The van der Waals surface area contributed by atoms with Crippen molar-refractivity contribution >= 4 is 0 Å². The predicted octanol–water partition coefficient (Wildman–Crippen LogP) is 3.72. The van der Waals surface area contributed by atoms with Gasteiger partial charge >= 0.3 is 24.7 Å². The van der Waals surface area contributed by atoms with Crippen LogP contribution in [0.2, 0.25) is 0 Å². The molecule has 0 aromatic heterocycles. The SMILES string of the molecule is Oc1cc(C(O)(C(F)(F)F)C(F)(F)F)c(O)cc1C(O)(C(F)(F)F)C(F)(F)F. The monoisotopic (exact) mass is 442 g/mol. The molecular formula is C12H6F12O4. The van der Waals surface area contributed by atoms with Gasteiger partial charge in [-0.05, 0) is 12.1 Å². The van der Waals surface area contributed by atoms with E-state index >= 15 is 0 Å². The standard InChI is InChI=1S/C12H6F12O4/c13-9(14,15)7(27,10(16,17)18)3-1-5(25)4(2-6(3)26)8(28,11(19,20)21)12(22,23)24/h1-2,25-28H. The van der Waals surface area contributed by atoms with Crippen LogP contribution in [0, 0.1) is 0 Å². The van der Waals surface area contributed by atoms with Crippen molar-refractivity contribution in [1.29, 1.82) is 0 Å². The summed E-state index contributed by atoms with van der Waals surface area (Å²) in [5, 5.41) is 36.6. The van der Waals surface area contributed by atoms with E-state index in [1.165, 1.54) is 0 Å². The Morgan fingerprint density at radius 2 is 0.643 bits per heavy atom. The van der Waals surface area contributed by atoms with Gasteiger partial charge in [0, 0.05) is 11.1 Å². The highest BCUT2D eigenvalue weighted by molar-refractivity contribution is 5.52. The summed E-state index contributed by atoms with van der Waals surface area (Å²) in [6, 6.07) is -2.04. The largest absolute Gasteiger partial charge is 0.508 e. The smallest absolute Gasteiger partial charge is 0.430 e. The van der Waals surface area contributed by atoms with E-state index in [0.29, 0.717) is 0 Å². The van der Waals surface area contributed by atoms with Crippen molar-refractivity contribution in [1.82, 2.24) is 0 Å². The Morgan fingerprint density at radius 1 is 0.464 bits per heavy atom. The number of halogens is 12. The molecule has 0 amide bonds. The van der Waals surface area contributed by atoms with E-state index in [-0.39, 0.29) is 0 Å². The highest BCUT2D eigenvalue weighted by atomic mass is 19.4. The zero-order chi connectivity index (χ0) is 22.7. The Kier molecular flexibility index (Phi) is 5.30. The van der Waals surface area contributed by atoms with Gasteiger partial charge in [0.2, 0.25) is 0 Å². The van der Waals surface area contributed by atoms with Gasteiger partial charge in [0.15, 0.2) is 0 Å². The minimum Gasteiger partial charge on any atom is -0.508 e. The molecule has 1 aromatic carbocycles. The van der Waals surface area contributed by atoms with E-state index in [9.17, 15) is 62.9 Å². The first kappa shape index (κ1) is 23.9. The molecule has 0 aliphatic rings. The van der Waals surface area contributed by atoms with Crippen LogP contribution in [0.25, 0.3) is 0 Å².